The average molecular weight is 349 g/mol. The van der Waals surface area contributed by atoms with Crippen molar-refractivity contribution in [3.05, 3.63) is 82.4 Å². The van der Waals surface area contributed by atoms with Gasteiger partial charge in [0.25, 0.3) is 5.69 Å². The molecule has 132 valence electrons. The molecule has 0 aliphatic heterocycles. The first kappa shape index (κ1) is 17.4. The number of carbonyl (C=O) groups excluding carboxylic acids is 1. The quantitative estimate of drug-likeness (QED) is 0.533. The molecule has 0 saturated heterocycles. The Hall–Kier alpha value is -3.41. The lowest BCUT2D eigenvalue weighted by Gasteiger charge is -2.25. The third kappa shape index (κ3) is 3.49. The minimum atomic E-state index is -0.438. The zero-order valence-electron chi connectivity index (χ0n) is 14.5. The van der Waals surface area contributed by atoms with Crippen molar-refractivity contribution in [2.45, 2.75) is 13.0 Å². The molecule has 26 heavy (non-hydrogen) atoms. The molecule has 0 spiro atoms. The van der Waals surface area contributed by atoms with Crippen molar-refractivity contribution in [2.75, 3.05) is 12.4 Å². The summed E-state index contributed by atoms with van der Waals surface area (Å²) in [4.78, 5) is 24.7. The summed E-state index contributed by atoms with van der Waals surface area (Å²) in [6.07, 6.45) is 0. The molecule has 0 heterocycles. The Morgan fingerprint density at radius 3 is 2.54 bits per heavy atom. The number of nitro groups is 1. The van der Waals surface area contributed by atoms with Crippen LogP contribution in [0.3, 0.4) is 0 Å². The molecule has 1 N–H and O–H groups in total. The summed E-state index contributed by atoms with van der Waals surface area (Å²) < 4.78 is 0. The van der Waals surface area contributed by atoms with E-state index < -0.39 is 4.92 Å². The summed E-state index contributed by atoms with van der Waals surface area (Å²) in [6.45, 7) is 1.84. The molecular weight excluding hydrogens is 330 g/mol. The maximum Gasteiger partial charge on any atom is 0.322 e. The normalized spacial score (nSPS) is 11.8. The van der Waals surface area contributed by atoms with Crippen LogP contribution >= 0.6 is 0 Å². The number of non-ortho nitro benzene ring substituents is 1. The van der Waals surface area contributed by atoms with E-state index in [-0.39, 0.29) is 17.8 Å². The molecule has 1 unspecified atom stereocenters. The lowest BCUT2D eigenvalue weighted by molar-refractivity contribution is -0.384. The molecule has 0 bridgehead atoms. The van der Waals surface area contributed by atoms with Crippen LogP contribution in [0.5, 0.6) is 0 Å². The van der Waals surface area contributed by atoms with Gasteiger partial charge < -0.3 is 10.2 Å². The fourth-order valence-electron chi connectivity index (χ4n) is 2.84. The molecule has 6 nitrogen and oxygen atoms in total. The first-order chi connectivity index (χ1) is 12.5. The fourth-order valence-corrected chi connectivity index (χ4v) is 2.84. The third-order valence-electron chi connectivity index (χ3n) is 4.50. The van der Waals surface area contributed by atoms with Gasteiger partial charge in [-0.25, -0.2) is 4.79 Å². The molecule has 0 radical (unpaired) electrons. The van der Waals surface area contributed by atoms with Gasteiger partial charge >= 0.3 is 6.03 Å². The van der Waals surface area contributed by atoms with Gasteiger partial charge in [-0.15, -0.1) is 0 Å². The van der Waals surface area contributed by atoms with Crippen molar-refractivity contribution in [3.8, 4) is 0 Å². The molecule has 0 saturated carbocycles. The van der Waals surface area contributed by atoms with E-state index in [4.69, 9.17) is 0 Å². The van der Waals surface area contributed by atoms with E-state index >= 15 is 0 Å². The van der Waals surface area contributed by atoms with E-state index in [0.29, 0.717) is 5.56 Å². The Morgan fingerprint density at radius 1 is 1.08 bits per heavy atom. The van der Waals surface area contributed by atoms with E-state index in [1.54, 1.807) is 19.2 Å². The van der Waals surface area contributed by atoms with Gasteiger partial charge in [-0.1, -0.05) is 48.5 Å². The minimum Gasteiger partial charge on any atom is -0.321 e. The number of benzene rings is 3. The third-order valence-corrected chi connectivity index (χ3v) is 4.50. The van der Waals surface area contributed by atoms with E-state index in [0.717, 1.165) is 16.5 Å². The van der Waals surface area contributed by atoms with Crippen molar-refractivity contribution in [1.29, 1.82) is 0 Å². The number of hydrogen-bond acceptors (Lipinski definition) is 3. The maximum atomic E-state index is 12.7. The number of amides is 2. The molecule has 6 heteroatoms. The highest BCUT2D eigenvalue weighted by Gasteiger charge is 2.19. The monoisotopic (exact) mass is 349 g/mol. The summed E-state index contributed by atoms with van der Waals surface area (Å²) in [5.74, 6) is 0. The van der Waals surface area contributed by atoms with Crippen molar-refractivity contribution < 1.29 is 9.72 Å². The number of anilines is 1. The van der Waals surface area contributed by atoms with Crippen LogP contribution in [0.1, 0.15) is 18.5 Å². The van der Waals surface area contributed by atoms with Gasteiger partial charge in [0.05, 0.1) is 16.7 Å². The predicted octanol–water partition coefficient (Wildman–Crippen LogP) is 4.97. The molecule has 0 aliphatic rings. The molecule has 2 amide bonds. The van der Waals surface area contributed by atoms with E-state index in [1.807, 2.05) is 49.4 Å². The maximum absolute atomic E-state index is 12.7. The van der Waals surface area contributed by atoms with Crippen LogP contribution in [-0.2, 0) is 0 Å². The van der Waals surface area contributed by atoms with Crippen molar-refractivity contribution in [3.63, 3.8) is 0 Å². The first-order valence-corrected chi connectivity index (χ1v) is 8.23. The average Bonchev–Trinajstić information content (AvgIpc) is 2.67. The number of hydrogen-bond donors (Lipinski definition) is 1. The Balaban J connectivity index is 1.81. The summed E-state index contributed by atoms with van der Waals surface area (Å²) >= 11 is 0. The topological polar surface area (TPSA) is 75.5 Å². The Labute approximate surface area is 151 Å². The van der Waals surface area contributed by atoms with Crippen LogP contribution in [0.25, 0.3) is 10.8 Å². The van der Waals surface area contributed by atoms with E-state index in [1.165, 1.54) is 17.0 Å². The number of urea groups is 1. The Kier molecular flexibility index (Phi) is 4.84. The Bertz CT molecular complexity index is 966. The van der Waals surface area contributed by atoms with Gasteiger partial charge in [0.15, 0.2) is 0 Å². The summed E-state index contributed by atoms with van der Waals surface area (Å²) in [5.41, 5.74) is 1.44. The van der Waals surface area contributed by atoms with Crippen LogP contribution in [0.15, 0.2) is 66.7 Å². The van der Waals surface area contributed by atoms with Gasteiger partial charge in [-0.3, -0.25) is 10.1 Å². The first-order valence-electron chi connectivity index (χ1n) is 8.23. The van der Waals surface area contributed by atoms with Gasteiger partial charge in [-0.2, -0.15) is 0 Å². The second-order valence-corrected chi connectivity index (χ2v) is 6.10. The highest BCUT2D eigenvalue weighted by molar-refractivity contribution is 6.01. The highest BCUT2D eigenvalue weighted by Crippen LogP contribution is 2.26. The molecule has 3 aromatic carbocycles. The fraction of sp³-hybridized carbons (Fsp3) is 0.150. The van der Waals surface area contributed by atoms with Crippen molar-refractivity contribution in [1.82, 2.24) is 4.90 Å². The Morgan fingerprint density at radius 2 is 1.77 bits per heavy atom. The molecule has 0 aromatic heterocycles. The highest BCUT2D eigenvalue weighted by atomic mass is 16.6. The SMILES string of the molecule is CC(c1cccc([N+](=O)[O-])c1)N(C)C(=O)Nc1cccc2ccccc12. The van der Waals surface area contributed by atoms with Gasteiger partial charge in [0.2, 0.25) is 0 Å². The number of nitrogens with one attached hydrogen (secondary N) is 1. The number of fused-ring (bicyclic) bond motifs is 1. The van der Waals surface area contributed by atoms with Gasteiger partial charge in [0.1, 0.15) is 0 Å². The minimum absolute atomic E-state index is 0.0113. The van der Waals surface area contributed by atoms with E-state index in [9.17, 15) is 14.9 Å². The van der Waals surface area contributed by atoms with Crippen LogP contribution in [0.2, 0.25) is 0 Å². The van der Waals surface area contributed by atoms with Gasteiger partial charge in [0, 0.05) is 24.6 Å². The molecule has 1 atom stereocenters. The smallest absolute Gasteiger partial charge is 0.321 e. The summed E-state index contributed by atoms with van der Waals surface area (Å²) in [5, 5.41) is 15.9. The second-order valence-electron chi connectivity index (χ2n) is 6.10. The van der Waals surface area contributed by atoms with Gasteiger partial charge in [-0.05, 0) is 23.9 Å². The summed E-state index contributed by atoms with van der Waals surface area (Å²) in [6, 6.07) is 19.3. The van der Waals surface area contributed by atoms with Crippen LogP contribution < -0.4 is 5.32 Å². The van der Waals surface area contributed by atoms with Crippen LogP contribution in [-0.4, -0.2) is 22.9 Å². The van der Waals surface area contributed by atoms with Crippen molar-refractivity contribution in [2.24, 2.45) is 0 Å². The van der Waals surface area contributed by atoms with Crippen molar-refractivity contribution >= 4 is 28.2 Å². The number of carbonyl (C=O) groups is 1. The van der Waals surface area contributed by atoms with Crippen LogP contribution in [0, 0.1) is 10.1 Å². The zero-order chi connectivity index (χ0) is 18.7. The summed E-state index contributed by atoms with van der Waals surface area (Å²) in [7, 11) is 1.67. The lowest BCUT2D eigenvalue weighted by atomic mass is 10.1. The number of nitro benzene ring substituents is 1. The predicted molar refractivity (Wildman–Crippen MR) is 102 cm³/mol. The molecule has 0 aliphatic carbocycles. The second kappa shape index (κ2) is 7.23. The number of rotatable bonds is 4. The standard InChI is InChI=1S/C20H19N3O3/c1-14(16-9-5-10-17(13-16)23(25)26)22(2)20(24)21-19-12-6-8-15-7-3-4-11-18(15)19/h3-14H,1-2H3,(H,21,24). The van der Waals surface area contributed by atoms with E-state index in [2.05, 4.69) is 5.32 Å². The van der Waals surface area contributed by atoms with Crippen LogP contribution in [0.4, 0.5) is 16.2 Å². The molecule has 0 fully saturated rings. The number of nitrogens with zero attached hydrogens (tertiary/aromatic N) is 2. The zero-order valence-corrected chi connectivity index (χ0v) is 14.5. The molecular formula is C20H19N3O3. The largest absolute Gasteiger partial charge is 0.322 e. The lowest BCUT2D eigenvalue weighted by Crippen LogP contribution is -2.33. The molecule has 3 aromatic rings. The molecule has 3 rings (SSSR count).